The molecular weight excluding hydrogens is 441 g/mol. The second-order valence-corrected chi connectivity index (χ2v) is 8.80. The highest BCUT2D eigenvalue weighted by atomic mass is 19.1. The van der Waals surface area contributed by atoms with Gasteiger partial charge in [0.25, 0.3) is 0 Å². The largest absolute Gasteiger partial charge is 0.467 e. The Labute approximate surface area is 197 Å². The fourth-order valence-electron chi connectivity index (χ4n) is 4.53. The van der Waals surface area contributed by atoms with Crippen molar-refractivity contribution in [3.63, 3.8) is 0 Å². The Balaban J connectivity index is 1.61. The number of amides is 3. The van der Waals surface area contributed by atoms with E-state index in [9.17, 15) is 18.8 Å². The normalized spacial score (nSPS) is 19.0. The van der Waals surface area contributed by atoms with Crippen LogP contribution in [0.5, 0.6) is 0 Å². The van der Waals surface area contributed by atoms with Crippen molar-refractivity contribution >= 4 is 17.7 Å². The smallest absolute Gasteiger partial charge is 0.313 e. The minimum Gasteiger partial charge on any atom is -0.467 e. The molecule has 0 radical (unpaired) electrons. The molecule has 3 amide bonds. The topological polar surface area (TPSA) is 101 Å². The second-order valence-electron chi connectivity index (χ2n) is 8.80. The van der Waals surface area contributed by atoms with Gasteiger partial charge in [0.1, 0.15) is 17.6 Å². The standard InChI is InChI=1S/C25H30FN3O5/c26-18-11-9-17(10-12-18)22(23(30)27-15-20-7-3-13-33-20)29(16-21-8-4-14-34-21)25(32)24(31)28-19-5-1-2-6-19/h4,8-12,14,19-20,22H,1-3,5-7,13,15-16H2,(H,27,30)(H,28,31)/t20-,22+/m0/s1. The van der Waals surface area contributed by atoms with Gasteiger partial charge in [-0.05, 0) is 55.5 Å². The number of nitrogens with zero attached hydrogens (tertiary/aromatic N) is 1. The van der Waals surface area contributed by atoms with Crippen LogP contribution in [0.15, 0.2) is 47.1 Å². The molecule has 1 saturated heterocycles. The van der Waals surface area contributed by atoms with Crippen molar-refractivity contribution in [1.29, 1.82) is 0 Å². The Morgan fingerprint density at radius 1 is 1.06 bits per heavy atom. The Morgan fingerprint density at radius 2 is 1.82 bits per heavy atom. The zero-order valence-electron chi connectivity index (χ0n) is 19.0. The predicted molar refractivity (Wildman–Crippen MR) is 121 cm³/mol. The van der Waals surface area contributed by atoms with Crippen molar-refractivity contribution in [2.24, 2.45) is 0 Å². The number of ether oxygens (including phenoxy) is 1. The number of furan rings is 1. The summed E-state index contributed by atoms with van der Waals surface area (Å²) in [6.45, 7) is 0.833. The molecule has 182 valence electrons. The number of nitrogens with one attached hydrogen (secondary N) is 2. The predicted octanol–water partition coefficient (Wildman–Crippen LogP) is 2.84. The lowest BCUT2D eigenvalue weighted by molar-refractivity contribution is -0.151. The monoisotopic (exact) mass is 471 g/mol. The van der Waals surface area contributed by atoms with Gasteiger partial charge in [0.2, 0.25) is 5.91 Å². The van der Waals surface area contributed by atoms with Gasteiger partial charge in [-0.15, -0.1) is 0 Å². The molecule has 2 heterocycles. The second kappa shape index (κ2) is 11.3. The van der Waals surface area contributed by atoms with Crippen LogP contribution in [-0.2, 0) is 25.7 Å². The lowest BCUT2D eigenvalue weighted by Crippen LogP contribution is -2.50. The summed E-state index contributed by atoms with van der Waals surface area (Å²) in [5, 5.41) is 5.65. The zero-order chi connectivity index (χ0) is 23.9. The van der Waals surface area contributed by atoms with Crippen LogP contribution in [0.4, 0.5) is 4.39 Å². The van der Waals surface area contributed by atoms with Crippen LogP contribution in [-0.4, -0.2) is 47.9 Å². The number of hydrogen-bond donors (Lipinski definition) is 2. The van der Waals surface area contributed by atoms with Crippen LogP contribution < -0.4 is 10.6 Å². The molecule has 1 aromatic carbocycles. The molecule has 8 nitrogen and oxygen atoms in total. The molecule has 2 N–H and O–H groups in total. The number of halogens is 1. The van der Waals surface area contributed by atoms with E-state index < -0.39 is 29.6 Å². The molecule has 0 unspecified atom stereocenters. The third-order valence-electron chi connectivity index (χ3n) is 6.33. The van der Waals surface area contributed by atoms with Crippen LogP contribution in [0.25, 0.3) is 0 Å². The van der Waals surface area contributed by atoms with Crippen molar-refractivity contribution in [1.82, 2.24) is 15.5 Å². The molecule has 9 heteroatoms. The first-order valence-electron chi connectivity index (χ1n) is 11.8. The number of hydrogen-bond acceptors (Lipinski definition) is 5. The first kappa shape index (κ1) is 23.9. The van der Waals surface area contributed by atoms with E-state index in [1.807, 2.05) is 0 Å². The molecular formula is C25H30FN3O5. The van der Waals surface area contributed by atoms with Gasteiger partial charge in [0.15, 0.2) is 0 Å². The number of rotatable bonds is 8. The summed E-state index contributed by atoms with van der Waals surface area (Å²) < 4.78 is 24.6. The maximum Gasteiger partial charge on any atom is 0.313 e. The number of carbonyl (C=O) groups excluding carboxylic acids is 3. The van der Waals surface area contributed by atoms with Crippen LogP contribution in [0.1, 0.15) is 55.9 Å². The van der Waals surface area contributed by atoms with Crippen molar-refractivity contribution in [3.8, 4) is 0 Å². The highest BCUT2D eigenvalue weighted by Crippen LogP contribution is 2.25. The molecule has 1 aliphatic carbocycles. The Kier molecular flexibility index (Phi) is 7.95. The summed E-state index contributed by atoms with van der Waals surface area (Å²) in [5.74, 6) is -2.13. The Hall–Kier alpha value is -3.20. The van der Waals surface area contributed by atoms with Gasteiger partial charge in [-0.1, -0.05) is 25.0 Å². The van der Waals surface area contributed by atoms with Crippen molar-refractivity contribution in [3.05, 3.63) is 59.8 Å². The lowest BCUT2D eigenvalue weighted by atomic mass is 10.0. The first-order chi connectivity index (χ1) is 16.5. The van der Waals surface area contributed by atoms with E-state index in [0.717, 1.165) is 38.5 Å². The summed E-state index contributed by atoms with van der Waals surface area (Å²) in [5.41, 5.74) is 0.389. The summed E-state index contributed by atoms with van der Waals surface area (Å²) in [6, 6.07) is 7.47. The van der Waals surface area contributed by atoms with Crippen LogP contribution in [0, 0.1) is 5.82 Å². The van der Waals surface area contributed by atoms with E-state index >= 15 is 0 Å². The molecule has 2 aromatic rings. The lowest BCUT2D eigenvalue weighted by Gasteiger charge is -2.31. The minimum absolute atomic E-state index is 0.0560. The van der Waals surface area contributed by atoms with Crippen molar-refractivity contribution in [2.75, 3.05) is 13.2 Å². The van der Waals surface area contributed by atoms with Gasteiger partial charge < -0.3 is 24.7 Å². The quantitative estimate of drug-likeness (QED) is 0.577. The average Bonchev–Trinajstić information content (AvgIpc) is 3.62. The number of carbonyl (C=O) groups is 3. The van der Waals surface area contributed by atoms with Crippen molar-refractivity contribution in [2.45, 2.75) is 63.3 Å². The average molecular weight is 472 g/mol. The molecule has 1 saturated carbocycles. The highest BCUT2D eigenvalue weighted by Gasteiger charge is 2.36. The third kappa shape index (κ3) is 6.02. The van der Waals surface area contributed by atoms with Gasteiger partial charge in [0.05, 0.1) is 18.9 Å². The van der Waals surface area contributed by atoms with Gasteiger partial charge in [0, 0.05) is 19.2 Å². The molecule has 0 bridgehead atoms. The molecule has 1 aliphatic heterocycles. The van der Waals surface area contributed by atoms with E-state index in [2.05, 4.69) is 10.6 Å². The van der Waals surface area contributed by atoms with Gasteiger partial charge in [-0.25, -0.2) is 4.39 Å². The van der Waals surface area contributed by atoms with Crippen molar-refractivity contribution < 1.29 is 27.9 Å². The highest BCUT2D eigenvalue weighted by molar-refractivity contribution is 6.35. The van der Waals surface area contributed by atoms with Gasteiger partial charge in [-0.2, -0.15) is 0 Å². The van der Waals surface area contributed by atoms with Crippen LogP contribution >= 0.6 is 0 Å². The molecule has 34 heavy (non-hydrogen) atoms. The molecule has 2 atom stereocenters. The maximum atomic E-state index is 13.6. The van der Waals surface area contributed by atoms with Crippen LogP contribution in [0.2, 0.25) is 0 Å². The summed E-state index contributed by atoms with van der Waals surface area (Å²) >= 11 is 0. The van der Waals surface area contributed by atoms with E-state index in [-0.39, 0.29) is 25.2 Å². The molecule has 4 rings (SSSR count). The Morgan fingerprint density at radius 3 is 2.47 bits per heavy atom. The molecule has 0 spiro atoms. The summed E-state index contributed by atoms with van der Waals surface area (Å²) in [7, 11) is 0. The zero-order valence-corrected chi connectivity index (χ0v) is 19.0. The fourth-order valence-corrected chi connectivity index (χ4v) is 4.53. The van der Waals surface area contributed by atoms with Gasteiger partial charge >= 0.3 is 11.8 Å². The van der Waals surface area contributed by atoms with E-state index in [4.69, 9.17) is 9.15 Å². The third-order valence-corrected chi connectivity index (χ3v) is 6.33. The van der Waals surface area contributed by atoms with E-state index in [1.54, 1.807) is 12.1 Å². The van der Waals surface area contributed by atoms with E-state index in [0.29, 0.717) is 17.9 Å². The summed E-state index contributed by atoms with van der Waals surface area (Å²) in [6.07, 6.45) is 6.75. The maximum absolute atomic E-state index is 13.6. The molecule has 2 fully saturated rings. The van der Waals surface area contributed by atoms with Gasteiger partial charge in [-0.3, -0.25) is 14.4 Å². The SMILES string of the molecule is O=C(NC1CCCC1)C(=O)N(Cc1ccco1)[C@@H](C(=O)NC[C@@H]1CCCO1)c1ccc(F)cc1. The summed E-state index contributed by atoms with van der Waals surface area (Å²) in [4.78, 5) is 40.9. The number of benzene rings is 1. The Bertz CT molecular complexity index is 967. The first-order valence-corrected chi connectivity index (χ1v) is 11.8. The fraction of sp³-hybridized carbons (Fsp3) is 0.480. The molecule has 2 aliphatic rings. The molecule has 1 aromatic heterocycles. The minimum atomic E-state index is -1.16. The van der Waals surface area contributed by atoms with E-state index in [1.165, 1.54) is 35.4 Å². The van der Waals surface area contributed by atoms with Crippen LogP contribution in [0.3, 0.4) is 0 Å².